The predicted molar refractivity (Wildman–Crippen MR) is 55.7 cm³/mol. The minimum atomic E-state index is -0.426. The lowest BCUT2D eigenvalue weighted by Crippen LogP contribution is -2.29. The first kappa shape index (κ1) is 12.7. The van der Waals surface area contributed by atoms with Crippen molar-refractivity contribution in [1.82, 2.24) is 0 Å². The van der Waals surface area contributed by atoms with Crippen LogP contribution in [-0.4, -0.2) is 20.0 Å². The number of ether oxygens (including phenoxy) is 2. The quantitative estimate of drug-likeness (QED) is 0.468. The molecule has 0 heterocycles. The van der Waals surface area contributed by atoms with E-state index in [1.54, 1.807) is 14.2 Å². The molecule has 0 aromatic heterocycles. The Labute approximate surface area is 81.9 Å². The Kier molecular flexibility index (Phi) is 6.00. The third-order valence-corrected chi connectivity index (χ3v) is 2.51. The van der Waals surface area contributed by atoms with Crippen molar-refractivity contribution in [3.8, 4) is 0 Å². The van der Waals surface area contributed by atoms with Crippen LogP contribution in [0.5, 0.6) is 0 Å². The maximum atomic E-state index is 5.25. The van der Waals surface area contributed by atoms with Gasteiger partial charge >= 0.3 is 0 Å². The number of hydrogen-bond acceptors (Lipinski definition) is 2. The van der Waals surface area contributed by atoms with Crippen LogP contribution in [-0.2, 0) is 9.47 Å². The Balaban J connectivity index is 3.86. The normalized spacial score (nSPS) is 13.5. The molecule has 2 nitrogen and oxygen atoms in total. The molecule has 0 aliphatic rings. The zero-order valence-corrected chi connectivity index (χ0v) is 9.52. The maximum absolute atomic E-state index is 5.25. The molecule has 13 heavy (non-hydrogen) atoms. The highest BCUT2D eigenvalue weighted by molar-refractivity contribution is 4.96. The van der Waals surface area contributed by atoms with Gasteiger partial charge in [0.05, 0.1) is 0 Å². The molecule has 0 bridgehead atoms. The molecular weight excluding hydrogens is 164 g/mol. The van der Waals surface area contributed by atoms with E-state index >= 15 is 0 Å². The van der Waals surface area contributed by atoms with Crippen LogP contribution in [0.3, 0.4) is 0 Å². The second-order valence-electron chi connectivity index (χ2n) is 3.48. The van der Waals surface area contributed by atoms with Gasteiger partial charge in [-0.3, -0.25) is 0 Å². The molecule has 78 valence electrons. The van der Waals surface area contributed by atoms with Gasteiger partial charge in [0.1, 0.15) is 0 Å². The highest BCUT2D eigenvalue weighted by Crippen LogP contribution is 2.18. The molecule has 0 aromatic carbocycles. The van der Waals surface area contributed by atoms with Gasteiger partial charge in [-0.25, -0.2) is 0 Å². The van der Waals surface area contributed by atoms with Crippen molar-refractivity contribution >= 4 is 0 Å². The Morgan fingerprint density at radius 2 is 1.85 bits per heavy atom. The lowest BCUT2D eigenvalue weighted by atomic mass is 10.1. The Bertz CT molecular complexity index is 157. The summed E-state index contributed by atoms with van der Waals surface area (Å²) in [6.07, 6.45) is 5.28. The number of allylic oxidation sites excluding steroid dienone is 2. The fourth-order valence-corrected chi connectivity index (χ4v) is 1.01. The van der Waals surface area contributed by atoms with Crippen LogP contribution in [0.25, 0.3) is 0 Å². The fourth-order valence-electron chi connectivity index (χ4n) is 1.01. The summed E-state index contributed by atoms with van der Waals surface area (Å²) in [6, 6.07) is 0. The van der Waals surface area contributed by atoms with Crippen LogP contribution in [0.1, 0.15) is 40.0 Å². The molecule has 0 atom stereocenters. The summed E-state index contributed by atoms with van der Waals surface area (Å²) < 4.78 is 10.5. The van der Waals surface area contributed by atoms with E-state index in [0.717, 1.165) is 19.3 Å². The van der Waals surface area contributed by atoms with Crippen molar-refractivity contribution in [3.63, 3.8) is 0 Å². The Morgan fingerprint density at radius 3 is 2.23 bits per heavy atom. The van der Waals surface area contributed by atoms with Crippen molar-refractivity contribution < 1.29 is 9.47 Å². The molecule has 0 aliphatic carbocycles. The molecular formula is C11H22O2. The third kappa shape index (κ3) is 5.06. The smallest absolute Gasteiger partial charge is 0.165 e. The monoisotopic (exact) mass is 186 g/mol. The maximum Gasteiger partial charge on any atom is 0.165 e. The molecule has 0 spiro atoms. The van der Waals surface area contributed by atoms with E-state index in [1.807, 2.05) is 6.92 Å². The highest BCUT2D eigenvalue weighted by Gasteiger charge is 2.20. The topological polar surface area (TPSA) is 18.5 Å². The minimum absolute atomic E-state index is 0.426. The third-order valence-electron chi connectivity index (χ3n) is 2.51. The zero-order valence-electron chi connectivity index (χ0n) is 9.52. The van der Waals surface area contributed by atoms with E-state index in [0.29, 0.717) is 0 Å². The molecule has 0 unspecified atom stereocenters. The van der Waals surface area contributed by atoms with Gasteiger partial charge in [0.2, 0.25) is 0 Å². The van der Waals surface area contributed by atoms with Crippen LogP contribution in [0.4, 0.5) is 0 Å². The number of hydrogen-bond donors (Lipinski definition) is 0. The summed E-state index contributed by atoms with van der Waals surface area (Å²) in [6.45, 7) is 6.27. The van der Waals surface area contributed by atoms with Crippen LogP contribution in [0, 0.1) is 0 Å². The fraction of sp³-hybridized carbons (Fsp3) is 0.818. The molecule has 2 heteroatoms. The van der Waals surface area contributed by atoms with Gasteiger partial charge in [-0.2, -0.15) is 0 Å². The summed E-state index contributed by atoms with van der Waals surface area (Å²) in [5, 5.41) is 0. The zero-order chi connectivity index (χ0) is 10.3. The average molecular weight is 186 g/mol. The minimum Gasteiger partial charge on any atom is -0.353 e. The van der Waals surface area contributed by atoms with Crippen molar-refractivity contribution in [1.29, 1.82) is 0 Å². The van der Waals surface area contributed by atoms with Crippen molar-refractivity contribution in [2.45, 2.75) is 45.8 Å². The predicted octanol–water partition coefficient (Wildman–Crippen LogP) is 3.13. The van der Waals surface area contributed by atoms with E-state index in [-0.39, 0.29) is 0 Å². The van der Waals surface area contributed by atoms with Gasteiger partial charge in [0.15, 0.2) is 5.79 Å². The summed E-state index contributed by atoms with van der Waals surface area (Å²) >= 11 is 0. The molecule has 0 aromatic rings. The van der Waals surface area contributed by atoms with E-state index in [4.69, 9.17) is 9.47 Å². The van der Waals surface area contributed by atoms with Gasteiger partial charge in [-0.05, 0) is 26.7 Å². The van der Waals surface area contributed by atoms with Gasteiger partial charge < -0.3 is 9.47 Å². The van der Waals surface area contributed by atoms with Gasteiger partial charge in [0.25, 0.3) is 0 Å². The summed E-state index contributed by atoms with van der Waals surface area (Å²) in [5.74, 6) is -0.426. The van der Waals surface area contributed by atoms with Gasteiger partial charge in [-0.1, -0.05) is 18.6 Å². The van der Waals surface area contributed by atoms with E-state index < -0.39 is 5.79 Å². The first-order valence-electron chi connectivity index (χ1n) is 4.84. The first-order chi connectivity index (χ1) is 6.08. The van der Waals surface area contributed by atoms with Gasteiger partial charge in [-0.15, -0.1) is 0 Å². The summed E-state index contributed by atoms with van der Waals surface area (Å²) in [4.78, 5) is 0. The second-order valence-corrected chi connectivity index (χ2v) is 3.48. The SMILES string of the molecule is CC/C(C)=C/CCC(C)(OC)OC. The van der Waals surface area contributed by atoms with Crippen LogP contribution >= 0.6 is 0 Å². The largest absolute Gasteiger partial charge is 0.353 e. The summed E-state index contributed by atoms with van der Waals surface area (Å²) in [7, 11) is 3.36. The van der Waals surface area contributed by atoms with Crippen molar-refractivity contribution in [3.05, 3.63) is 11.6 Å². The second kappa shape index (κ2) is 6.17. The molecule has 0 fully saturated rings. The summed E-state index contributed by atoms with van der Waals surface area (Å²) in [5.41, 5.74) is 1.43. The number of methoxy groups -OCH3 is 2. The molecule has 0 aliphatic heterocycles. The van der Waals surface area contributed by atoms with Crippen LogP contribution < -0.4 is 0 Å². The lowest BCUT2D eigenvalue weighted by Gasteiger charge is -2.25. The highest BCUT2D eigenvalue weighted by atomic mass is 16.7. The van der Waals surface area contributed by atoms with Gasteiger partial charge in [0, 0.05) is 20.6 Å². The van der Waals surface area contributed by atoms with E-state index in [9.17, 15) is 0 Å². The first-order valence-corrected chi connectivity index (χ1v) is 4.84. The average Bonchev–Trinajstić information content (AvgIpc) is 2.17. The standard InChI is InChI=1S/C11H22O2/c1-6-10(2)8-7-9-11(3,12-4)13-5/h8H,6-7,9H2,1-5H3/b10-8+. The van der Waals surface area contributed by atoms with E-state index in [1.165, 1.54) is 5.57 Å². The van der Waals surface area contributed by atoms with Crippen molar-refractivity contribution in [2.75, 3.05) is 14.2 Å². The van der Waals surface area contributed by atoms with Crippen molar-refractivity contribution in [2.24, 2.45) is 0 Å². The molecule has 0 rings (SSSR count). The Hall–Kier alpha value is -0.340. The number of rotatable bonds is 6. The van der Waals surface area contributed by atoms with E-state index in [2.05, 4.69) is 19.9 Å². The van der Waals surface area contributed by atoms with Crippen LogP contribution in [0.15, 0.2) is 11.6 Å². The molecule has 0 radical (unpaired) electrons. The molecule has 0 saturated heterocycles. The molecule has 0 N–H and O–H groups in total. The lowest BCUT2D eigenvalue weighted by molar-refractivity contribution is -0.196. The van der Waals surface area contributed by atoms with Crippen LogP contribution in [0.2, 0.25) is 0 Å². The molecule has 0 saturated carbocycles. The Morgan fingerprint density at radius 1 is 1.31 bits per heavy atom. The molecule has 0 amide bonds.